The zero-order valence-electron chi connectivity index (χ0n) is 72.4. The van der Waals surface area contributed by atoms with Crippen molar-refractivity contribution < 1.29 is 106 Å². The Morgan fingerprint density at radius 2 is 1.32 bits per heavy atom. The second-order valence-electron chi connectivity index (χ2n) is 30.7. The van der Waals surface area contributed by atoms with Crippen molar-refractivity contribution in [3.8, 4) is 0 Å². The summed E-state index contributed by atoms with van der Waals surface area (Å²) in [5, 5.41) is 28.5. The maximum atomic E-state index is 14.2. The summed E-state index contributed by atoms with van der Waals surface area (Å²) >= 11 is 1.66. The fraction of sp³-hybridized carbons (Fsp3) is 0.720. The first-order valence-corrected chi connectivity index (χ1v) is 48.6. The van der Waals surface area contributed by atoms with Gasteiger partial charge in [-0.3, -0.25) is 28.9 Å². The maximum absolute atomic E-state index is 14.2. The van der Waals surface area contributed by atoms with Gasteiger partial charge in [-0.25, -0.2) is 29.2 Å². The number of carbonyl (C=O) groups excluding carboxylic acids is 4. The number of aromatic nitrogens is 6. The molecule has 1 aromatic carbocycles. The van der Waals surface area contributed by atoms with Crippen molar-refractivity contribution in [3.63, 3.8) is 0 Å². The first kappa shape index (κ1) is 107. The van der Waals surface area contributed by atoms with Gasteiger partial charge in [-0.15, -0.1) is 5.10 Å². The molecule has 1 fully saturated rings. The van der Waals surface area contributed by atoms with Crippen molar-refractivity contribution >= 4 is 83.0 Å². The minimum absolute atomic E-state index is 0.0104. The SMILES string of the molecule is CC[C@H](C)[C@@H]([C@@H](CC(=O)N1CCC[C@H]1[C@H](OC)[C@@H](C)C(=O)N[C@@H](Cc1ccccc1)C(=O)O)OC)N(C)C(=O)[C@@H](NC(=O)[C@H](C(C)C)N(C)C)C(C)C.CN(C)C(On1nnc2cccnc21)=[N+](C)C.C[Si](C)(CCCN)O[Si](C)(C)CSc1ncc(COCCOCCOCCOCCOCCOCCN=[N+]=[N-])cn1.F[P-](F)(F)(F)(F)F. The molecule has 4 amide bonds. The number of ether oxygens (including phenoxy) is 8. The summed E-state index contributed by atoms with van der Waals surface area (Å²) in [7, 11) is 1.86. The zero-order chi connectivity index (χ0) is 89.1. The molecule has 0 radical (unpaired) electrons. The topological polar surface area (TPSA) is 382 Å². The number of nitrogens with two attached hydrogens (primary N) is 1. The molecular weight excluding hydrogens is 1630 g/mol. The molecule has 674 valence electrons. The Hall–Kier alpha value is -6.87. The number of amides is 4. The van der Waals surface area contributed by atoms with Gasteiger partial charge in [0, 0.05) is 75.2 Å². The molecule has 3 aromatic heterocycles. The third-order valence-electron chi connectivity index (χ3n) is 18.3. The molecule has 0 aliphatic carbocycles. The average molecular weight is 1760 g/mol. The number of methoxy groups -OCH3 is 2. The third-order valence-corrected chi connectivity index (χ3v) is 28.1. The van der Waals surface area contributed by atoms with E-state index in [9.17, 15) is 54.3 Å². The van der Waals surface area contributed by atoms with Crippen molar-refractivity contribution in [3.05, 3.63) is 82.6 Å². The van der Waals surface area contributed by atoms with Crippen LogP contribution in [0.1, 0.15) is 91.7 Å². The molecule has 4 aromatic rings. The van der Waals surface area contributed by atoms with Gasteiger partial charge in [-0.1, -0.05) is 102 Å². The quantitative estimate of drug-likeness (QED) is 0.00259. The number of thioether (sulfide) groups is 1. The molecule has 5 N–H and O–H groups in total. The van der Waals surface area contributed by atoms with Crippen LogP contribution in [0.15, 0.2) is 71.3 Å². The van der Waals surface area contributed by atoms with E-state index in [0.29, 0.717) is 122 Å². The summed E-state index contributed by atoms with van der Waals surface area (Å²) in [6.07, 6.45) is 7.16. The fourth-order valence-corrected chi connectivity index (χ4v) is 23.1. The molecule has 1 aliphatic heterocycles. The van der Waals surface area contributed by atoms with Crippen LogP contribution < -0.4 is 21.2 Å². The van der Waals surface area contributed by atoms with Gasteiger partial charge in [0.2, 0.25) is 29.3 Å². The summed E-state index contributed by atoms with van der Waals surface area (Å²) < 4.78 is 112. The predicted molar refractivity (Wildman–Crippen MR) is 446 cm³/mol. The van der Waals surface area contributed by atoms with E-state index in [1.54, 1.807) is 41.7 Å². The van der Waals surface area contributed by atoms with E-state index in [-0.39, 0.29) is 48.3 Å². The van der Waals surface area contributed by atoms with E-state index in [4.69, 9.17) is 58.1 Å². The standard InChI is InChI=1S/C40H67N5O8.C25H50N6O7SSi2.C10H15N6O.F6P/c1-13-26(6)35(44(10)39(49)33(24(2)3)42-38(48)34(25(4)5)43(8)9)31(52-11)23-32(46)45-21-17-20-30(45)36(53-12)27(7)37(47)41-29(40(50)51)22-28-18-15-14-16-19-28;1-40(2,19-5-6-26)38-41(3,4)23-39-25-28-20-24(21-29-25)22-37-18-17-36-16-15-35-14-13-34-12-11-33-10-9-32-8-7-30-31-27;1-14(2)10(15(3)4)17-16-9-8(12-13-16)6-5-7-11-9;1-7(2,3,4,5)6/h14-16,18-19,24-27,29-31,33-36H,13,17,20-23H2,1-12H3,(H,41,47)(H,42,48)(H,50,51);20-21H,5-19,22-23,26H2,1-4H3;5-7H,1-4H3;/q;;+1;-1/t26-,27+,29-,30-,31+,33-,34-,35-,36+;;;/m0.../s1. The first-order valence-electron chi connectivity index (χ1n) is 39.3. The molecule has 5 rings (SSSR count). The Kier molecular flexibility index (Phi) is 48.3. The number of halogens is 6. The Balaban J connectivity index is 0.000000633. The number of hydrogen-bond donors (Lipinski definition) is 4. The molecule has 1 aliphatic rings. The van der Waals surface area contributed by atoms with Gasteiger partial charge in [0.25, 0.3) is 0 Å². The molecule has 0 saturated carbocycles. The molecule has 43 heteroatoms. The van der Waals surface area contributed by atoms with Gasteiger partial charge in [0.15, 0.2) is 21.8 Å². The Morgan fingerprint density at radius 3 is 1.81 bits per heavy atom. The number of azide groups is 1. The number of rotatable bonds is 50. The van der Waals surface area contributed by atoms with E-state index < -0.39 is 84.7 Å². The monoisotopic (exact) mass is 1760 g/mol. The summed E-state index contributed by atoms with van der Waals surface area (Å²) in [5.41, 5.74) is 16.8. The average Bonchev–Trinajstić information content (AvgIpc) is 0.976. The summed E-state index contributed by atoms with van der Waals surface area (Å²) in [5.74, 6) is -3.21. The summed E-state index contributed by atoms with van der Waals surface area (Å²) in [6, 6.07) is 11.3. The number of aliphatic carboxylic acids is 1. The normalized spacial score (nSPS) is 15.7. The third kappa shape index (κ3) is 44.1. The van der Waals surface area contributed by atoms with Crippen molar-refractivity contribution in [2.75, 3.05) is 161 Å². The number of nitrogens with zero attached hydrogens (tertiary/aromatic N) is 14. The van der Waals surface area contributed by atoms with Crippen LogP contribution in [0, 0.1) is 23.7 Å². The zero-order valence-corrected chi connectivity index (χ0v) is 76.1. The van der Waals surface area contributed by atoms with Gasteiger partial charge in [0.1, 0.15) is 17.6 Å². The van der Waals surface area contributed by atoms with Gasteiger partial charge < -0.3 is 73.3 Å². The van der Waals surface area contributed by atoms with Crippen LogP contribution in [0.25, 0.3) is 21.6 Å². The molecule has 1 saturated heterocycles. The molecule has 118 heavy (non-hydrogen) atoms. The Morgan fingerprint density at radius 1 is 0.763 bits per heavy atom. The fourth-order valence-electron chi connectivity index (χ4n) is 12.7. The summed E-state index contributed by atoms with van der Waals surface area (Å²) in [4.78, 5) is 97.1. The molecule has 4 heterocycles. The molecule has 0 bridgehead atoms. The van der Waals surface area contributed by atoms with E-state index in [0.717, 1.165) is 47.1 Å². The minimum atomic E-state index is -10.7. The van der Waals surface area contributed by atoms with Crippen molar-refractivity contribution in [1.82, 2.24) is 60.3 Å². The van der Waals surface area contributed by atoms with E-state index >= 15 is 0 Å². The van der Waals surface area contributed by atoms with E-state index in [2.05, 4.69) is 72.1 Å². The summed E-state index contributed by atoms with van der Waals surface area (Å²) in [6.45, 7) is 29.8. The number of fused-ring (bicyclic) bond motifs is 1. The van der Waals surface area contributed by atoms with Crippen molar-refractivity contribution in [2.24, 2.45) is 34.5 Å². The van der Waals surface area contributed by atoms with Gasteiger partial charge in [-0.2, -0.15) is 0 Å². The molecule has 0 spiro atoms. The number of benzene rings is 1. The van der Waals surface area contributed by atoms with Crippen LogP contribution in [0.4, 0.5) is 25.2 Å². The Labute approximate surface area is 697 Å². The molecule has 33 nitrogen and oxygen atoms in total. The number of likely N-dealkylation sites (tertiary alicyclic amines) is 1. The number of likely N-dealkylation sites (N-methyl/N-ethyl adjacent to an activating group) is 2. The van der Waals surface area contributed by atoms with Gasteiger partial charge in [0.05, 0.1) is 150 Å². The van der Waals surface area contributed by atoms with Crippen LogP contribution in [-0.4, -0.2) is 315 Å². The molecule has 0 unspecified atom stereocenters. The van der Waals surface area contributed by atoms with E-state index in [1.165, 1.54) is 19.1 Å². The second-order valence-corrected chi connectivity index (χ2v) is 42.8. The van der Waals surface area contributed by atoms with Crippen LogP contribution in [0.5, 0.6) is 0 Å². The van der Waals surface area contributed by atoms with Crippen LogP contribution in [-0.2, 0) is 79.0 Å². The number of hydrogen-bond acceptors (Lipinski definition) is 24. The molecular formula is C75H132F6N17O16PSSi2. The first-order chi connectivity index (χ1) is 55.2. The number of carbonyl (C=O) groups is 5. The number of carboxylic acid groups (broad SMARTS) is 1. The van der Waals surface area contributed by atoms with Crippen molar-refractivity contribution in [2.45, 2.75) is 173 Å². The second kappa shape index (κ2) is 53.1. The number of nitrogens with one attached hydrogen (secondary N) is 2. The Bertz CT molecular complexity index is 3650. The predicted octanol–water partition coefficient (Wildman–Crippen LogP) is 10.1. The number of amidine groups is 1. The van der Waals surface area contributed by atoms with Crippen LogP contribution in [0.3, 0.4) is 0 Å². The molecule has 9 atom stereocenters. The number of pyridine rings is 1. The van der Waals surface area contributed by atoms with Gasteiger partial charge >= 0.3 is 45.0 Å². The van der Waals surface area contributed by atoms with Crippen molar-refractivity contribution in [1.29, 1.82) is 0 Å². The van der Waals surface area contributed by atoms with Crippen LogP contribution >= 0.6 is 19.6 Å². The van der Waals surface area contributed by atoms with Gasteiger partial charge in [-0.05, 0) is 123 Å². The van der Waals surface area contributed by atoms with Crippen LogP contribution in [0.2, 0.25) is 32.2 Å². The van der Waals surface area contributed by atoms with E-state index in [1.807, 2.05) is 153 Å². The number of carboxylic acids is 1.